The average Bonchev–Trinajstić information content (AvgIpc) is 3.33. The summed E-state index contributed by atoms with van der Waals surface area (Å²) in [7, 11) is 0. The first-order chi connectivity index (χ1) is 17.4. The van der Waals surface area contributed by atoms with E-state index in [1.54, 1.807) is 48.5 Å². The third-order valence-corrected chi connectivity index (χ3v) is 6.47. The lowest BCUT2D eigenvalue weighted by atomic mass is 9.91. The third-order valence-electron chi connectivity index (χ3n) is 5.72. The van der Waals surface area contributed by atoms with E-state index in [1.165, 1.54) is 5.01 Å². The number of nitrogens with one attached hydrogen (secondary N) is 1. The molecule has 5 nitrogen and oxygen atoms in total. The van der Waals surface area contributed by atoms with Gasteiger partial charge in [0, 0.05) is 26.7 Å². The molecule has 0 fully saturated rings. The summed E-state index contributed by atoms with van der Waals surface area (Å²) in [6, 6.07) is 28.9. The lowest BCUT2D eigenvalue weighted by molar-refractivity contribution is 0.218. The van der Waals surface area contributed by atoms with Crippen molar-refractivity contribution in [2.75, 3.05) is 11.9 Å². The number of ether oxygens (including phenoxy) is 1. The van der Waals surface area contributed by atoms with Crippen molar-refractivity contribution < 1.29 is 9.53 Å². The minimum atomic E-state index is -0.329. The Hall–Kier alpha value is -3.51. The molecule has 0 radical (unpaired) electrons. The summed E-state index contributed by atoms with van der Waals surface area (Å²) in [5.41, 5.74) is 3.34. The number of hydrogen-bond acceptors (Lipinski definition) is 3. The summed E-state index contributed by atoms with van der Waals surface area (Å²) in [6.45, 7) is 0.392. The molecule has 0 saturated heterocycles. The summed E-state index contributed by atoms with van der Waals surface area (Å²) < 4.78 is 5.81. The van der Waals surface area contributed by atoms with E-state index < -0.39 is 0 Å². The highest BCUT2D eigenvalue weighted by atomic mass is 35.5. The van der Waals surface area contributed by atoms with Gasteiger partial charge in [-0.2, -0.15) is 5.10 Å². The van der Waals surface area contributed by atoms with Crippen molar-refractivity contribution in [3.05, 3.63) is 123 Å². The molecule has 0 aromatic heterocycles. The van der Waals surface area contributed by atoms with Crippen LogP contribution in [-0.2, 0) is 0 Å². The summed E-state index contributed by atoms with van der Waals surface area (Å²) in [6.07, 6.45) is 0. The zero-order chi connectivity index (χ0) is 25.1. The highest BCUT2D eigenvalue weighted by Crippen LogP contribution is 2.31. The Labute approximate surface area is 223 Å². The SMILES string of the molecule is O=C(Nc1ccc(Oc2ccc(Cl)cc2)cc1)N1CC(c2ccc(Cl)cc2)C(c2ccc(Cl)cc2)=N1. The maximum atomic E-state index is 13.1. The molecule has 8 heteroatoms. The van der Waals surface area contributed by atoms with Gasteiger partial charge in [-0.05, 0) is 83.9 Å². The number of carbonyl (C=O) groups excluding carboxylic acids is 1. The molecule has 0 saturated carbocycles. The highest BCUT2D eigenvalue weighted by Gasteiger charge is 2.32. The second-order valence-electron chi connectivity index (χ2n) is 8.19. The smallest absolute Gasteiger partial charge is 0.342 e. The van der Waals surface area contributed by atoms with Crippen molar-refractivity contribution >= 4 is 52.2 Å². The predicted octanol–water partition coefficient (Wildman–Crippen LogP) is 8.47. The fraction of sp³-hybridized carbons (Fsp3) is 0.0714. The Morgan fingerprint density at radius 3 is 1.83 bits per heavy atom. The van der Waals surface area contributed by atoms with Crippen molar-refractivity contribution in [3.63, 3.8) is 0 Å². The summed E-state index contributed by atoms with van der Waals surface area (Å²) in [4.78, 5) is 13.1. The van der Waals surface area contributed by atoms with E-state index in [0.717, 1.165) is 16.8 Å². The molecule has 5 rings (SSSR count). The van der Waals surface area contributed by atoms with Crippen molar-refractivity contribution in [1.82, 2.24) is 5.01 Å². The molecule has 1 atom stereocenters. The molecule has 1 aliphatic rings. The van der Waals surface area contributed by atoms with Crippen molar-refractivity contribution in [2.45, 2.75) is 5.92 Å². The number of urea groups is 1. The quantitative estimate of drug-likeness (QED) is 0.278. The van der Waals surface area contributed by atoms with Gasteiger partial charge in [0.2, 0.25) is 0 Å². The molecule has 0 aliphatic carbocycles. The first-order valence-corrected chi connectivity index (χ1v) is 12.3. The molecule has 1 unspecified atom stereocenters. The molecule has 1 N–H and O–H groups in total. The topological polar surface area (TPSA) is 53.9 Å². The zero-order valence-electron chi connectivity index (χ0n) is 18.9. The van der Waals surface area contributed by atoms with Crippen LogP contribution in [0.3, 0.4) is 0 Å². The van der Waals surface area contributed by atoms with Gasteiger partial charge in [0.1, 0.15) is 11.5 Å². The van der Waals surface area contributed by atoms with Crippen molar-refractivity contribution in [1.29, 1.82) is 0 Å². The Kier molecular flexibility index (Phi) is 7.14. The van der Waals surface area contributed by atoms with Crippen molar-refractivity contribution in [3.8, 4) is 11.5 Å². The van der Waals surface area contributed by atoms with Gasteiger partial charge in [0.05, 0.1) is 12.3 Å². The summed E-state index contributed by atoms with van der Waals surface area (Å²) in [5.74, 6) is 1.21. The van der Waals surface area contributed by atoms with Crippen molar-refractivity contribution in [2.24, 2.45) is 5.10 Å². The van der Waals surface area contributed by atoms with E-state index in [4.69, 9.17) is 39.5 Å². The van der Waals surface area contributed by atoms with Crippen LogP contribution >= 0.6 is 34.8 Å². The third kappa shape index (κ3) is 5.65. The second-order valence-corrected chi connectivity index (χ2v) is 9.50. The van der Waals surface area contributed by atoms with E-state index in [1.807, 2.05) is 48.5 Å². The van der Waals surface area contributed by atoms with Gasteiger partial charge in [-0.1, -0.05) is 59.1 Å². The Morgan fingerprint density at radius 1 is 0.750 bits per heavy atom. The molecule has 36 heavy (non-hydrogen) atoms. The summed E-state index contributed by atoms with van der Waals surface area (Å²) in [5, 5.41) is 11.0. The fourth-order valence-corrected chi connectivity index (χ4v) is 4.28. The largest absolute Gasteiger partial charge is 0.457 e. The normalized spacial score (nSPS) is 14.9. The standard InChI is InChI=1S/C28H20Cl3N3O2/c29-20-5-1-18(2-6-20)26-17-34(33-27(26)19-3-7-21(30)8-4-19)28(35)32-23-11-15-25(16-12-23)36-24-13-9-22(31)10-14-24/h1-16,26H,17H2,(H,32,35). The van der Waals surface area contributed by atoms with Gasteiger partial charge in [0.25, 0.3) is 0 Å². The number of benzene rings is 4. The molecule has 0 bridgehead atoms. The molecule has 1 aliphatic heterocycles. The van der Waals surface area contributed by atoms with Crippen LogP contribution in [0.4, 0.5) is 10.5 Å². The minimum absolute atomic E-state index is 0.107. The molecule has 0 spiro atoms. The molecule has 2 amide bonds. The first-order valence-electron chi connectivity index (χ1n) is 11.2. The minimum Gasteiger partial charge on any atom is -0.457 e. The fourth-order valence-electron chi connectivity index (χ4n) is 3.90. The van der Waals surface area contributed by atoms with Gasteiger partial charge >= 0.3 is 6.03 Å². The molecule has 4 aromatic rings. The van der Waals surface area contributed by atoms with Gasteiger partial charge in [-0.25, -0.2) is 9.80 Å². The average molecular weight is 537 g/mol. The molecule has 1 heterocycles. The molecular weight excluding hydrogens is 517 g/mol. The number of nitrogens with zero attached hydrogens (tertiary/aromatic N) is 2. The van der Waals surface area contributed by atoms with E-state index in [-0.39, 0.29) is 11.9 Å². The lowest BCUT2D eigenvalue weighted by Crippen LogP contribution is -2.30. The number of carbonyl (C=O) groups is 1. The number of hydrazone groups is 1. The number of halogens is 3. The van der Waals surface area contributed by atoms with E-state index in [2.05, 4.69) is 10.4 Å². The Balaban J connectivity index is 1.32. The van der Waals surface area contributed by atoms with Crippen LogP contribution < -0.4 is 10.1 Å². The summed E-state index contributed by atoms with van der Waals surface area (Å²) >= 11 is 18.1. The number of anilines is 1. The van der Waals surface area contributed by atoms with Gasteiger partial charge in [0.15, 0.2) is 0 Å². The Morgan fingerprint density at radius 2 is 1.25 bits per heavy atom. The van der Waals surface area contributed by atoms with E-state index in [9.17, 15) is 4.79 Å². The van der Waals surface area contributed by atoms with Gasteiger partial charge in [-0.3, -0.25) is 0 Å². The maximum absolute atomic E-state index is 13.1. The van der Waals surface area contributed by atoms with Crippen LogP contribution in [-0.4, -0.2) is 23.3 Å². The number of rotatable bonds is 5. The van der Waals surface area contributed by atoms with Gasteiger partial charge in [-0.15, -0.1) is 0 Å². The number of amides is 2. The highest BCUT2D eigenvalue weighted by molar-refractivity contribution is 6.31. The molecule has 180 valence electrons. The van der Waals surface area contributed by atoms with Crippen LogP contribution in [0.25, 0.3) is 0 Å². The van der Waals surface area contributed by atoms with E-state index in [0.29, 0.717) is 38.8 Å². The lowest BCUT2D eigenvalue weighted by Gasteiger charge is -2.16. The van der Waals surface area contributed by atoms with Crippen LogP contribution in [0.1, 0.15) is 17.0 Å². The van der Waals surface area contributed by atoms with Gasteiger partial charge < -0.3 is 10.1 Å². The van der Waals surface area contributed by atoms with Crippen LogP contribution in [0.2, 0.25) is 15.1 Å². The van der Waals surface area contributed by atoms with Crippen LogP contribution in [0.15, 0.2) is 102 Å². The van der Waals surface area contributed by atoms with E-state index >= 15 is 0 Å². The molecular formula is C28H20Cl3N3O2. The predicted molar refractivity (Wildman–Crippen MR) is 146 cm³/mol. The van der Waals surface area contributed by atoms with Crippen LogP contribution in [0.5, 0.6) is 11.5 Å². The zero-order valence-corrected chi connectivity index (χ0v) is 21.1. The molecule has 4 aromatic carbocycles. The first kappa shape index (κ1) is 24.2. The monoisotopic (exact) mass is 535 g/mol. The maximum Gasteiger partial charge on any atom is 0.342 e. The second kappa shape index (κ2) is 10.6. The van der Waals surface area contributed by atoms with Crippen LogP contribution in [0, 0.1) is 0 Å². The Bertz CT molecular complexity index is 1390. The number of hydrogen-bond donors (Lipinski definition) is 1.